The normalized spacial score (nSPS) is 34.2. The van der Waals surface area contributed by atoms with Crippen molar-refractivity contribution in [3.8, 4) is 0 Å². The summed E-state index contributed by atoms with van der Waals surface area (Å²) in [7, 11) is 0. The highest BCUT2D eigenvalue weighted by molar-refractivity contribution is 5.76. The monoisotopic (exact) mass is 186 g/mol. The van der Waals surface area contributed by atoms with Gasteiger partial charge < -0.3 is 9.84 Å². The number of esters is 1. The Morgan fingerprint density at radius 2 is 2.38 bits per heavy atom. The third-order valence-electron chi connectivity index (χ3n) is 2.72. The van der Waals surface area contributed by atoms with E-state index >= 15 is 0 Å². The average Bonchev–Trinajstić information content (AvgIpc) is 2.04. The first-order valence-corrected chi connectivity index (χ1v) is 4.94. The van der Waals surface area contributed by atoms with Crippen molar-refractivity contribution < 1.29 is 14.6 Å². The van der Waals surface area contributed by atoms with Gasteiger partial charge in [0.25, 0.3) is 0 Å². The van der Waals surface area contributed by atoms with E-state index < -0.39 is 5.41 Å². The summed E-state index contributed by atoms with van der Waals surface area (Å²) >= 11 is 0. The quantitative estimate of drug-likeness (QED) is 0.665. The number of hydrogen-bond donors (Lipinski definition) is 1. The van der Waals surface area contributed by atoms with E-state index in [0.29, 0.717) is 13.0 Å². The number of ether oxygens (including phenoxy) is 1. The molecule has 1 saturated carbocycles. The molecule has 1 fully saturated rings. The third kappa shape index (κ3) is 2.44. The van der Waals surface area contributed by atoms with Gasteiger partial charge in [-0.25, -0.2) is 0 Å². The van der Waals surface area contributed by atoms with E-state index in [1.54, 1.807) is 6.92 Å². The average molecular weight is 186 g/mol. The van der Waals surface area contributed by atoms with Crippen LogP contribution in [0.4, 0.5) is 0 Å². The molecule has 13 heavy (non-hydrogen) atoms. The predicted octanol–water partition coefficient (Wildman–Crippen LogP) is 1.49. The Hall–Kier alpha value is -0.570. The van der Waals surface area contributed by atoms with Crippen LogP contribution < -0.4 is 0 Å². The fraction of sp³-hybridized carbons (Fsp3) is 0.900. The van der Waals surface area contributed by atoms with Crippen molar-refractivity contribution in [1.82, 2.24) is 0 Å². The molecule has 0 radical (unpaired) electrons. The van der Waals surface area contributed by atoms with Crippen LogP contribution in [0.5, 0.6) is 0 Å². The Bertz CT molecular complexity index is 191. The van der Waals surface area contributed by atoms with Crippen molar-refractivity contribution in [3.05, 3.63) is 0 Å². The second kappa shape index (κ2) is 4.09. The maximum absolute atomic E-state index is 11.5. The van der Waals surface area contributed by atoms with Crippen LogP contribution in [0.15, 0.2) is 0 Å². The smallest absolute Gasteiger partial charge is 0.311 e. The summed E-state index contributed by atoms with van der Waals surface area (Å²) in [6.07, 6.45) is 2.78. The highest BCUT2D eigenvalue weighted by Gasteiger charge is 2.39. The molecule has 0 amide bonds. The van der Waals surface area contributed by atoms with Gasteiger partial charge >= 0.3 is 5.97 Å². The van der Waals surface area contributed by atoms with Gasteiger partial charge in [0.2, 0.25) is 0 Å². The molecule has 0 aromatic rings. The fourth-order valence-corrected chi connectivity index (χ4v) is 1.94. The molecule has 2 atom stereocenters. The Kier molecular flexibility index (Phi) is 3.31. The second-order valence-corrected chi connectivity index (χ2v) is 4.03. The van der Waals surface area contributed by atoms with Crippen molar-refractivity contribution in [2.45, 2.75) is 45.6 Å². The third-order valence-corrected chi connectivity index (χ3v) is 2.72. The largest absolute Gasteiger partial charge is 0.466 e. The Morgan fingerprint density at radius 1 is 1.69 bits per heavy atom. The zero-order valence-electron chi connectivity index (χ0n) is 8.38. The molecule has 0 saturated heterocycles. The topological polar surface area (TPSA) is 46.5 Å². The second-order valence-electron chi connectivity index (χ2n) is 4.03. The lowest BCUT2D eigenvalue weighted by Gasteiger charge is -2.33. The highest BCUT2D eigenvalue weighted by atomic mass is 16.5. The van der Waals surface area contributed by atoms with E-state index in [1.807, 2.05) is 6.92 Å². The van der Waals surface area contributed by atoms with Gasteiger partial charge in [0.15, 0.2) is 0 Å². The summed E-state index contributed by atoms with van der Waals surface area (Å²) in [4.78, 5) is 11.5. The van der Waals surface area contributed by atoms with Crippen LogP contribution in [0.3, 0.4) is 0 Å². The maximum atomic E-state index is 11.5. The van der Waals surface area contributed by atoms with Gasteiger partial charge in [0, 0.05) is 0 Å². The molecule has 2 unspecified atom stereocenters. The van der Waals surface area contributed by atoms with Crippen LogP contribution in [0, 0.1) is 5.41 Å². The van der Waals surface area contributed by atoms with Gasteiger partial charge in [-0.2, -0.15) is 0 Å². The van der Waals surface area contributed by atoms with Crippen molar-refractivity contribution in [1.29, 1.82) is 0 Å². The van der Waals surface area contributed by atoms with Crippen LogP contribution in [0.2, 0.25) is 0 Å². The van der Waals surface area contributed by atoms with Gasteiger partial charge in [-0.15, -0.1) is 0 Å². The number of hydrogen-bond acceptors (Lipinski definition) is 3. The molecule has 0 spiro atoms. The van der Waals surface area contributed by atoms with Gasteiger partial charge in [0.05, 0.1) is 18.1 Å². The highest BCUT2D eigenvalue weighted by Crippen LogP contribution is 2.36. The summed E-state index contributed by atoms with van der Waals surface area (Å²) in [5.41, 5.74) is -0.451. The SMILES string of the molecule is CCOC(=O)C1(C)CCCC(O)C1. The lowest BCUT2D eigenvalue weighted by Crippen LogP contribution is -2.37. The zero-order chi connectivity index (χ0) is 9.90. The standard InChI is InChI=1S/C10H18O3/c1-3-13-9(12)10(2)6-4-5-8(11)7-10/h8,11H,3-7H2,1-2H3. The van der Waals surface area contributed by atoms with Crippen molar-refractivity contribution in [3.63, 3.8) is 0 Å². The Labute approximate surface area is 79.1 Å². The molecule has 0 bridgehead atoms. The minimum Gasteiger partial charge on any atom is -0.466 e. The fourth-order valence-electron chi connectivity index (χ4n) is 1.94. The summed E-state index contributed by atoms with van der Waals surface area (Å²) in [5.74, 6) is -0.159. The molecular formula is C10H18O3. The molecular weight excluding hydrogens is 168 g/mol. The maximum Gasteiger partial charge on any atom is 0.311 e. The molecule has 1 N–H and O–H groups in total. The molecule has 1 rings (SSSR count). The number of rotatable bonds is 2. The first-order chi connectivity index (χ1) is 6.08. The molecule has 0 aromatic carbocycles. The first kappa shape index (κ1) is 10.5. The van der Waals surface area contributed by atoms with Crippen molar-refractivity contribution >= 4 is 5.97 Å². The number of carbonyl (C=O) groups excluding carboxylic acids is 1. The van der Waals surface area contributed by atoms with E-state index in [0.717, 1.165) is 19.3 Å². The molecule has 1 aliphatic carbocycles. The Balaban J connectivity index is 2.57. The Morgan fingerprint density at radius 3 is 2.92 bits per heavy atom. The molecule has 3 heteroatoms. The van der Waals surface area contributed by atoms with Crippen LogP contribution in [0.1, 0.15) is 39.5 Å². The summed E-state index contributed by atoms with van der Waals surface area (Å²) < 4.78 is 4.98. The molecule has 0 aliphatic heterocycles. The molecule has 3 nitrogen and oxygen atoms in total. The van der Waals surface area contributed by atoms with Crippen LogP contribution in [0.25, 0.3) is 0 Å². The molecule has 0 aromatic heterocycles. The summed E-state index contributed by atoms with van der Waals surface area (Å²) in [6.45, 7) is 4.11. The van der Waals surface area contributed by atoms with Gasteiger partial charge in [-0.1, -0.05) is 0 Å². The lowest BCUT2D eigenvalue weighted by molar-refractivity contribution is -0.158. The van der Waals surface area contributed by atoms with Crippen LogP contribution in [-0.4, -0.2) is 23.8 Å². The van der Waals surface area contributed by atoms with E-state index in [-0.39, 0.29) is 12.1 Å². The first-order valence-electron chi connectivity index (χ1n) is 4.94. The van der Waals surface area contributed by atoms with Crippen molar-refractivity contribution in [2.24, 2.45) is 5.41 Å². The van der Waals surface area contributed by atoms with E-state index in [4.69, 9.17) is 4.74 Å². The molecule has 1 aliphatic rings. The van der Waals surface area contributed by atoms with Gasteiger partial charge in [0.1, 0.15) is 0 Å². The van der Waals surface area contributed by atoms with Gasteiger partial charge in [-0.3, -0.25) is 4.79 Å². The van der Waals surface area contributed by atoms with E-state index in [2.05, 4.69) is 0 Å². The minimum absolute atomic E-state index is 0.159. The molecule has 0 heterocycles. The zero-order valence-corrected chi connectivity index (χ0v) is 8.38. The van der Waals surface area contributed by atoms with Crippen molar-refractivity contribution in [2.75, 3.05) is 6.61 Å². The number of carbonyl (C=O) groups is 1. The van der Waals surface area contributed by atoms with Gasteiger partial charge in [-0.05, 0) is 39.5 Å². The lowest BCUT2D eigenvalue weighted by atomic mass is 9.74. The summed E-state index contributed by atoms with van der Waals surface area (Å²) in [5, 5.41) is 9.45. The predicted molar refractivity (Wildman–Crippen MR) is 49.2 cm³/mol. The minimum atomic E-state index is -0.451. The van der Waals surface area contributed by atoms with E-state index in [1.165, 1.54) is 0 Å². The van der Waals surface area contributed by atoms with Crippen LogP contribution in [-0.2, 0) is 9.53 Å². The van der Waals surface area contributed by atoms with E-state index in [9.17, 15) is 9.90 Å². The molecule has 76 valence electrons. The summed E-state index contributed by atoms with van der Waals surface area (Å²) in [6, 6.07) is 0. The number of aliphatic hydroxyl groups excluding tert-OH is 1. The van der Waals surface area contributed by atoms with Crippen LogP contribution >= 0.6 is 0 Å². The number of aliphatic hydroxyl groups is 1.